The van der Waals surface area contributed by atoms with E-state index in [2.05, 4.69) is 5.32 Å². The van der Waals surface area contributed by atoms with Gasteiger partial charge in [-0.15, -0.1) is 0 Å². The molecule has 1 N–H and O–H groups in total. The first kappa shape index (κ1) is 15.5. The molecule has 5 heteroatoms. The fourth-order valence-electron chi connectivity index (χ4n) is 2.65. The molecular weight excluding hydrogens is 268 g/mol. The number of rotatable bonds is 6. The van der Waals surface area contributed by atoms with Crippen LogP contribution in [-0.2, 0) is 14.3 Å². The summed E-state index contributed by atoms with van der Waals surface area (Å²) in [5.74, 6) is -0.141. The van der Waals surface area contributed by atoms with Gasteiger partial charge in [-0.2, -0.15) is 0 Å². The topological polar surface area (TPSA) is 58.6 Å². The summed E-state index contributed by atoms with van der Waals surface area (Å²) >= 11 is 0. The highest BCUT2D eigenvalue weighted by Gasteiger charge is 2.40. The Morgan fingerprint density at radius 3 is 2.57 bits per heavy atom. The highest BCUT2D eigenvalue weighted by Crippen LogP contribution is 2.23. The van der Waals surface area contributed by atoms with Crippen molar-refractivity contribution in [3.8, 4) is 0 Å². The fraction of sp³-hybridized carbons (Fsp3) is 0.500. The summed E-state index contributed by atoms with van der Waals surface area (Å²) in [5.41, 5.74) is 0.813. The number of carbonyl (C=O) groups excluding carboxylic acids is 2. The smallest absolute Gasteiger partial charge is 0.250 e. The summed E-state index contributed by atoms with van der Waals surface area (Å²) in [7, 11) is 1.60. The van der Waals surface area contributed by atoms with Crippen molar-refractivity contribution < 1.29 is 14.3 Å². The SMILES string of the molecule is CCCC1C(=O)NC(c2ccccc2)C(=O)N1CCOC. The predicted molar refractivity (Wildman–Crippen MR) is 79.6 cm³/mol. The summed E-state index contributed by atoms with van der Waals surface area (Å²) in [6.07, 6.45) is 1.52. The van der Waals surface area contributed by atoms with Crippen LogP contribution in [0, 0.1) is 0 Å². The molecular formula is C16H22N2O3. The number of amides is 2. The van der Waals surface area contributed by atoms with Crippen LogP contribution in [0.2, 0.25) is 0 Å². The Balaban J connectivity index is 2.24. The largest absolute Gasteiger partial charge is 0.383 e. The van der Waals surface area contributed by atoms with Crippen LogP contribution < -0.4 is 5.32 Å². The van der Waals surface area contributed by atoms with Gasteiger partial charge in [-0.1, -0.05) is 43.7 Å². The summed E-state index contributed by atoms with van der Waals surface area (Å²) < 4.78 is 5.07. The van der Waals surface area contributed by atoms with Crippen LogP contribution in [-0.4, -0.2) is 43.0 Å². The molecule has 114 valence electrons. The number of piperazine rings is 1. The van der Waals surface area contributed by atoms with Crippen LogP contribution in [0.3, 0.4) is 0 Å². The van der Waals surface area contributed by atoms with Crippen molar-refractivity contribution in [1.82, 2.24) is 10.2 Å². The van der Waals surface area contributed by atoms with Gasteiger partial charge in [-0.25, -0.2) is 0 Å². The molecule has 1 aliphatic heterocycles. The lowest BCUT2D eigenvalue weighted by molar-refractivity contribution is -0.150. The lowest BCUT2D eigenvalue weighted by Crippen LogP contribution is -2.60. The first-order valence-corrected chi connectivity index (χ1v) is 7.33. The summed E-state index contributed by atoms with van der Waals surface area (Å²) in [5, 5.41) is 2.85. The van der Waals surface area contributed by atoms with Gasteiger partial charge in [0.05, 0.1) is 6.61 Å². The standard InChI is InChI=1S/C16H22N2O3/c1-3-7-13-15(19)17-14(12-8-5-4-6-9-12)16(20)18(13)10-11-21-2/h4-6,8-9,13-14H,3,7,10-11H2,1-2H3,(H,17,19). The predicted octanol–water partition coefficient (Wildman–Crippen LogP) is 1.50. The second-order valence-electron chi connectivity index (χ2n) is 5.18. The molecule has 0 aliphatic carbocycles. The van der Waals surface area contributed by atoms with Crippen molar-refractivity contribution in [3.63, 3.8) is 0 Å². The first-order chi connectivity index (χ1) is 10.2. The van der Waals surface area contributed by atoms with E-state index in [1.54, 1.807) is 12.0 Å². The van der Waals surface area contributed by atoms with Crippen LogP contribution >= 0.6 is 0 Å². The fourth-order valence-corrected chi connectivity index (χ4v) is 2.65. The number of ether oxygens (including phenoxy) is 1. The maximum absolute atomic E-state index is 12.7. The van der Waals surface area contributed by atoms with Crippen molar-refractivity contribution in [3.05, 3.63) is 35.9 Å². The normalized spacial score (nSPS) is 22.3. The maximum atomic E-state index is 12.7. The monoisotopic (exact) mass is 290 g/mol. The Hall–Kier alpha value is -1.88. The number of carbonyl (C=O) groups is 2. The summed E-state index contributed by atoms with van der Waals surface area (Å²) in [6, 6.07) is 8.36. The highest BCUT2D eigenvalue weighted by atomic mass is 16.5. The lowest BCUT2D eigenvalue weighted by atomic mass is 9.98. The zero-order chi connectivity index (χ0) is 15.2. The molecule has 1 heterocycles. The summed E-state index contributed by atoms with van der Waals surface area (Å²) in [4.78, 5) is 26.7. The van der Waals surface area contributed by atoms with E-state index in [1.165, 1.54) is 0 Å². The number of benzene rings is 1. The van der Waals surface area contributed by atoms with E-state index in [1.807, 2.05) is 37.3 Å². The molecule has 1 aromatic carbocycles. The molecule has 5 nitrogen and oxygen atoms in total. The van der Waals surface area contributed by atoms with Crippen molar-refractivity contribution >= 4 is 11.8 Å². The number of hydrogen-bond acceptors (Lipinski definition) is 3. The van der Waals surface area contributed by atoms with E-state index in [4.69, 9.17) is 4.74 Å². The van der Waals surface area contributed by atoms with Crippen molar-refractivity contribution in [1.29, 1.82) is 0 Å². The molecule has 1 aliphatic rings. The van der Waals surface area contributed by atoms with E-state index in [0.717, 1.165) is 12.0 Å². The Labute approximate surface area is 125 Å². The van der Waals surface area contributed by atoms with Crippen LogP contribution in [0.1, 0.15) is 31.4 Å². The van der Waals surface area contributed by atoms with Gasteiger partial charge in [0.2, 0.25) is 5.91 Å². The highest BCUT2D eigenvalue weighted by molar-refractivity contribution is 5.97. The lowest BCUT2D eigenvalue weighted by Gasteiger charge is -2.39. The minimum atomic E-state index is -0.594. The number of hydrogen-bond donors (Lipinski definition) is 1. The number of nitrogens with one attached hydrogen (secondary N) is 1. The van der Waals surface area contributed by atoms with Crippen LogP contribution in [0.15, 0.2) is 30.3 Å². The molecule has 0 saturated carbocycles. The van der Waals surface area contributed by atoms with Crippen LogP contribution in [0.5, 0.6) is 0 Å². The van der Waals surface area contributed by atoms with Crippen molar-refractivity contribution in [2.24, 2.45) is 0 Å². The second kappa shape index (κ2) is 7.22. The van der Waals surface area contributed by atoms with E-state index in [9.17, 15) is 9.59 Å². The van der Waals surface area contributed by atoms with Crippen LogP contribution in [0.25, 0.3) is 0 Å². The maximum Gasteiger partial charge on any atom is 0.250 e. The molecule has 2 amide bonds. The third kappa shape index (κ3) is 3.42. The van der Waals surface area contributed by atoms with Gasteiger partial charge >= 0.3 is 0 Å². The molecule has 1 saturated heterocycles. The molecule has 2 atom stereocenters. The second-order valence-corrected chi connectivity index (χ2v) is 5.18. The zero-order valence-electron chi connectivity index (χ0n) is 12.5. The molecule has 0 radical (unpaired) electrons. The van der Waals surface area contributed by atoms with E-state index in [-0.39, 0.29) is 11.8 Å². The van der Waals surface area contributed by atoms with Gasteiger partial charge in [-0.3, -0.25) is 9.59 Å². The number of methoxy groups -OCH3 is 1. The molecule has 21 heavy (non-hydrogen) atoms. The summed E-state index contributed by atoms with van der Waals surface area (Å²) in [6.45, 7) is 2.88. The Morgan fingerprint density at radius 1 is 1.24 bits per heavy atom. The average molecular weight is 290 g/mol. The molecule has 0 aromatic heterocycles. The molecule has 1 fully saturated rings. The number of nitrogens with zero attached hydrogens (tertiary/aromatic N) is 1. The Morgan fingerprint density at radius 2 is 1.95 bits per heavy atom. The quantitative estimate of drug-likeness (QED) is 0.864. The third-order valence-corrected chi connectivity index (χ3v) is 3.73. The third-order valence-electron chi connectivity index (χ3n) is 3.73. The van der Waals surface area contributed by atoms with E-state index in [0.29, 0.717) is 19.6 Å². The van der Waals surface area contributed by atoms with Gasteiger partial charge in [0.25, 0.3) is 5.91 Å². The van der Waals surface area contributed by atoms with Gasteiger partial charge in [-0.05, 0) is 12.0 Å². The van der Waals surface area contributed by atoms with Gasteiger partial charge < -0.3 is 15.0 Å². The minimum absolute atomic E-state index is 0.0590. The molecule has 0 spiro atoms. The molecule has 1 aromatic rings. The van der Waals surface area contributed by atoms with Gasteiger partial charge in [0, 0.05) is 13.7 Å². The first-order valence-electron chi connectivity index (χ1n) is 7.33. The minimum Gasteiger partial charge on any atom is -0.383 e. The Bertz CT molecular complexity index is 490. The average Bonchev–Trinajstić information content (AvgIpc) is 2.51. The van der Waals surface area contributed by atoms with E-state index < -0.39 is 12.1 Å². The van der Waals surface area contributed by atoms with Crippen molar-refractivity contribution in [2.75, 3.05) is 20.3 Å². The zero-order valence-corrected chi connectivity index (χ0v) is 12.5. The molecule has 0 bridgehead atoms. The van der Waals surface area contributed by atoms with Gasteiger partial charge in [0.1, 0.15) is 12.1 Å². The van der Waals surface area contributed by atoms with Crippen LogP contribution in [0.4, 0.5) is 0 Å². The molecule has 2 unspecified atom stereocenters. The molecule has 2 rings (SSSR count). The van der Waals surface area contributed by atoms with E-state index >= 15 is 0 Å². The Kier molecular flexibility index (Phi) is 5.33. The van der Waals surface area contributed by atoms with Gasteiger partial charge in [0.15, 0.2) is 0 Å². The van der Waals surface area contributed by atoms with Crippen molar-refractivity contribution in [2.45, 2.75) is 31.8 Å².